The topological polar surface area (TPSA) is 165 Å². The Morgan fingerprint density at radius 2 is 0.807 bits per heavy atom. The Labute approximate surface area is 529 Å². The summed E-state index contributed by atoms with van der Waals surface area (Å²) in [6.45, 7) is 22.9. The van der Waals surface area contributed by atoms with E-state index in [9.17, 15) is 29.7 Å². The van der Waals surface area contributed by atoms with Crippen LogP contribution in [0.5, 0.6) is 0 Å². The number of aryl methyl sites for hydroxylation is 4. The maximum atomic E-state index is 13.4. The van der Waals surface area contributed by atoms with Crippen molar-refractivity contribution in [3.05, 3.63) is 53.4 Å². The normalized spacial score (nSPS) is 46.2. The molecule has 12 nitrogen and oxygen atoms in total. The Morgan fingerprint density at radius 1 is 0.420 bits per heavy atom. The summed E-state index contributed by atoms with van der Waals surface area (Å²) in [5, 5.41) is 45.1. The van der Waals surface area contributed by atoms with Gasteiger partial charge in [0.2, 0.25) is 0 Å². The van der Waals surface area contributed by atoms with Gasteiger partial charge in [-0.3, -0.25) is 28.4 Å². The van der Waals surface area contributed by atoms with Crippen molar-refractivity contribution >= 4 is 17.3 Å². The third kappa shape index (κ3) is 11.7. The first kappa shape index (κ1) is 63.3. The van der Waals surface area contributed by atoms with Gasteiger partial charge in [0.05, 0.1) is 34.7 Å². The number of Topliss-reactive ketones (excluding diaryl/α,β-unsaturated/α-hetero) is 3. The summed E-state index contributed by atoms with van der Waals surface area (Å²) in [5.74, 6) is 13.6. The largest absolute Gasteiger partial charge is 0.390 e. The number of aromatic nitrogens is 6. The molecule has 0 aromatic carbocycles. The smallest absolute Gasteiger partial charge is 0.157 e. The zero-order valence-corrected chi connectivity index (χ0v) is 56.2. The van der Waals surface area contributed by atoms with Crippen LogP contribution in [0.2, 0.25) is 0 Å². The molecule has 0 aliphatic heterocycles. The van der Waals surface area contributed by atoms with Gasteiger partial charge in [0.15, 0.2) is 17.3 Å². The van der Waals surface area contributed by atoms with Crippen LogP contribution in [-0.2, 0) is 34.0 Å². The van der Waals surface area contributed by atoms with Gasteiger partial charge in [0, 0.05) is 41.5 Å². The Hall–Kier alpha value is -3.48. The Kier molecular flexibility index (Phi) is 17.1. The minimum absolute atomic E-state index is 0.182. The Bertz CT molecular complexity index is 3020. The first-order chi connectivity index (χ1) is 41.7. The standard InChI is InChI=1S/C26H40N2O2.2C25H38N2O2/c1-16-13-17(2)28(27-16)15-24(29)23-8-7-22-21-6-5-18-14-25(3,30)11-9-19(18)20(21)10-12-26(22,23)4;1-16-10-13-27(26-16)15-23(28)22-7-6-21-20-5-4-17-14-24(2,29)11-8-18(17)19(20)9-12-25(21,22)3;1-16-10-13-26-27(16)15-23(28)22-7-6-21-20-5-4-17-14-24(2,29)11-8-18(17)19(20)9-12-25(21,22)3/h13,18-23,30H,5-12,14-15H2,1-4H3;2*10,13,17-22,29H,4-9,11-12,14-15H2,1-3H3/t18-,19-,20+,21+,22-,23+,25+,26-;2*17-,18-,19+,20+,21-,22+,24+,25-/m000/s1. The van der Waals surface area contributed by atoms with E-state index >= 15 is 0 Å². The summed E-state index contributed by atoms with van der Waals surface area (Å²) in [6.07, 6.45) is 35.6. The lowest BCUT2D eigenvalue weighted by Gasteiger charge is -2.56. The quantitative estimate of drug-likeness (QED) is 0.189. The molecule has 0 unspecified atom stereocenters. The highest BCUT2D eigenvalue weighted by molar-refractivity contribution is 5.83. The fourth-order valence-electron chi connectivity index (χ4n) is 25.6. The van der Waals surface area contributed by atoms with Gasteiger partial charge < -0.3 is 15.3 Å². The molecule has 0 amide bonds. The van der Waals surface area contributed by atoms with Crippen LogP contribution in [0.4, 0.5) is 0 Å². The molecule has 3 aromatic rings. The molecule has 24 atom stereocenters. The van der Waals surface area contributed by atoms with Gasteiger partial charge in [-0.1, -0.05) is 20.8 Å². The summed E-state index contributed by atoms with van der Waals surface area (Å²) >= 11 is 0. The van der Waals surface area contributed by atoms with Crippen molar-refractivity contribution in [2.45, 2.75) is 279 Å². The summed E-state index contributed by atoms with van der Waals surface area (Å²) < 4.78 is 5.63. The maximum absolute atomic E-state index is 13.4. The molecular weight excluding hydrogens is 1090 g/mol. The zero-order chi connectivity index (χ0) is 62.0. The molecule has 0 bridgehead atoms. The Morgan fingerprint density at radius 3 is 1.16 bits per heavy atom. The molecule has 15 rings (SSSR count). The van der Waals surface area contributed by atoms with Crippen molar-refractivity contribution in [2.24, 2.45) is 123 Å². The van der Waals surface area contributed by atoms with Crippen LogP contribution in [0.3, 0.4) is 0 Å². The van der Waals surface area contributed by atoms with Crippen LogP contribution in [-0.4, -0.2) is 78.8 Å². The molecule has 3 N–H and O–H groups in total. The summed E-state index contributed by atoms with van der Waals surface area (Å²) in [5.41, 5.74) is 3.40. The number of hydrogen-bond donors (Lipinski definition) is 3. The first-order valence-electron chi connectivity index (χ1n) is 36.5. The van der Waals surface area contributed by atoms with Crippen LogP contribution >= 0.6 is 0 Å². The summed E-state index contributed by atoms with van der Waals surface area (Å²) in [7, 11) is 0. The minimum atomic E-state index is -0.439. The van der Waals surface area contributed by atoms with Crippen LogP contribution in [0, 0.1) is 150 Å². The monoisotopic (exact) mass is 1210 g/mol. The summed E-state index contributed by atoms with van der Waals surface area (Å²) in [6, 6.07) is 6.03. The predicted molar refractivity (Wildman–Crippen MR) is 344 cm³/mol. The third-order valence-electron chi connectivity index (χ3n) is 29.6. The molecule has 12 fully saturated rings. The van der Waals surface area contributed by atoms with Crippen LogP contribution in [0.25, 0.3) is 0 Å². The number of fused-ring (bicyclic) bond motifs is 15. The van der Waals surface area contributed by atoms with Gasteiger partial charge in [-0.05, 0) is 345 Å². The highest BCUT2D eigenvalue weighted by Gasteiger charge is 2.62. The van der Waals surface area contributed by atoms with Gasteiger partial charge in [-0.25, -0.2) is 0 Å². The lowest BCUT2D eigenvalue weighted by Crippen LogP contribution is -2.51. The van der Waals surface area contributed by atoms with E-state index in [2.05, 4.69) is 49.1 Å². The van der Waals surface area contributed by atoms with Crippen molar-refractivity contribution < 1.29 is 29.7 Å². The van der Waals surface area contributed by atoms with Crippen molar-refractivity contribution in [1.29, 1.82) is 0 Å². The molecule has 0 spiro atoms. The number of carbonyl (C=O) groups excluding carboxylic acids is 3. The van der Waals surface area contributed by atoms with E-state index in [1.807, 2.05) is 73.9 Å². The van der Waals surface area contributed by atoms with Gasteiger partial charge >= 0.3 is 0 Å². The van der Waals surface area contributed by atoms with Crippen molar-refractivity contribution in [3.8, 4) is 0 Å². The molecule has 486 valence electrons. The Balaban J connectivity index is 0.000000122. The predicted octanol–water partition coefficient (Wildman–Crippen LogP) is 14.6. The molecule has 12 saturated carbocycles. The molecule has 3 heterocycles. The van der Waals surface area contributed by atoms with E-state index in [1.165, 1.54) is 116 Å². The van der Waals surface area contributed by atoms with E-state index < -0.39 is 16.8 Å². The lowest BCUT2D eigenvalue weighted by atomic mass is 9.49. The zero-order valence-electron chi connectivity index (χ0n) is 56.2. The van der Waals surface area contributed by atoms with Gasteiger partial charge in [-0.15, -0.1) is 0 Å². The second-order valence-electron chi connectivity index (χ2n) is 34.8. The second-order valence-corrected chi connectivity index (χ2v) is 34.8. The fraction of sp³-hybridized carbons (Fsp3) is 0.842. The average Bonchev–Trinajstić information content (AvgIpc) is 1.48. The summed E-state index contributed by atoms with van der Waals surface area (Å²) in [4.78, 5) is 40.0. The average molecular weight is 1210 g/mol. The van der Waals surface area contributed by atoms with E-state index in [4.69, 9.17) is 0 Å². The van der Waals surface area contributed by atoms with Gasteiger partial charge in [-0.2, -0.15) is 15.3 Å². The first-order valence-corrected chi connectivity index (χ1v) is 36.5. The molecule has 0 radical (unpaired) electrons. The molecule has 0 saturated heterocycles. The van der Waals surface area contributed by atoms with Crippen molar-refractivity contribution in [1.82, 2.24) is 29.3 Å². The highest BCUT2D eigenvalue weighted by Crippen LogP contribution is 2.68. The molecule has 3 aromatic heterocycles. The number of aliphatic hydroxyl groups is 3. The number of rotatable bonds is 9. The number of ketones is 3. The number of hydrogen-bond acceptors (Lipinski definition) is 9. The number of nitrogens with zero attached hydrogens (tertiary/aromatic N) is 6. The molecule has 12 heteroatoms. The lowest BCUT2D eigenvalue weighted by molar-refractivity contribution is -0.133. The molecule has 12 aliphatic carbocycles. The van der Waals surface area contributed by atoms with Crippen LogP contribution < -0.4 is 0 Å². The van der Waals surface area contributed by atoms with E-state index in [1.54, 1.807) is 6.20 Å². The van der Waals surface area contributed by atoms with Crippen molar-refractivity contribution in [2.75, 3.05) is 0 Å². The van der Waals surface area contributed by atoms with Gasteiger partial charge in [0.1, 0.15) is 13.1 Å². The SMILES string of the molecule is Cc1cc(C)n(CC(=O)[C@H]2CC[C@H]3[C@@H]4CC[C@H]5C[C@](C)(O)CC[C@@H]5[C@H]4CC[C@]23C)n1.Cc1ccn(CC(=O)[C@H]2CC[C@H]3[C@@H]4CC[C@H]5C[C@](C)(O)CC[C@@H]5[C@H]4CC[C@]23C)n1.Cc1ccnn1CC(=O)[C@H]1CC[C@H]2[C@@H]3CC[C@H]4C[C@](C)(O)CC[C@@H]4[C@H]3CC[C@]12C. The van der Waals surface area contributed by atoms with Gasteiger partial charge in [0.25, 0.3) is 0 Å². The van der Waals surface area contributed by atoms with E-state index in [0.29, 0.717) is 42.9 Å². The van der Waals surface area contributed by atoms with Crippen LogP contribution in [0.1, 0.15) is 238 Å². The highest BCUT2D eigenvalue weighted by atomic mass is 16.3. The molecule has 88 heavy (non-hydrogen) atoms. The molecule has 12 aliphatic rings. The third-order valence-corrected chi connectivity index (χ3v) is 29.6. The van der Waals surface area contributed by atoms with E-state index in [-0.39, 0.29) is 34.0 Å². The van der Waals surface area contributed by atoms with E-state index in [0.717, 1.165) is 163 Å². The molecular formula is C76H116N6O6. The van der Waals surface area contributed by atoms with Crippen molar-refractivity contribution in [3.63, 3.8) is 0 Å². The second kappa shape index (κ2) is 23.8. The number of carbonyl (C=O) groups is 3. The maximum Gasteiger partial charge on any atom is 0.157 e. The van der Waals surface area contributed by atoms with Crippen LogP contribution in [0.15, 0.2) is 30.6 Å². The minimum Gasteiger partial charge on any atom is -0.390 e. The fourth-order valence-corrected chi connectivity index (χ4v) is 25.6.